The number of aromatic amines is 1. The van der Waals surface area contributed by atoms with Crippen LogP contribution in [0.4, 0.5) is 0 Å². The second kappa shape index (κ2) is 4.40. The summed E-state index contributed by atoms with van der Waals surface area (Å²) in [5.41, 5.74) is 2.72. The van der Waals surface area contributed by atoms with Gasteiger partial charge < -0.3 is 4.98 Å². The van der Waals surface area contributed by atoms with E-state index in [4.69, 9.17) is 0 Å². The number of nitrogens with one attached hydrogen (secondary N) is 1. The number of fused-ring (bicyclic) bond motifs is 1. The van der Waals surface area contributed by atoms with Crippen LogP contribution in [0.3, 0.4) is 0 Å². The molecular weight excluding hydrogens is 228 g/mol. The van der Waals surface area contributed by atoms with Crippen molar-refractivity contribution in [3.63, 3.8) is 0 Å². The molecule has 0 amide bonds. The summed E-state index contributed by atoms with van der Waals surface area (Å²) in [6.45, 7) is 2.79. The molecule has 3 rings (SSSR count). The Morgan fingerprint density at radius 1 is 1.39 bits per heavy atom. The van der Waals surface area contributed by atoms with Crippen LogP contribution in [0, 0.1) is 0 Å². The molecular formula is C13H16N4O. The number of H-pyrrole nitrogens is 1. The zero-order chi connectivity index (χ0) is 12.5. The molecule has 1 aliphatic rings. The van der Waals surface area contributed by atoms with E-state index in [1.54, 1.807) is 6.20 Å². The molecule has 0 spiro atoms. The zero-order valence-corrected chi connectivity index (χ0v) is 10.4. The SMILES string of the molecule is CCn1nccc1-c1nc2c(c(=O)[nH]1)CCCC2. The summed E-state index contributed by atoms with van der Waals surface area (Å²) in [5, 5.41) is 4.21. The van der Waals surface area contributed by atoms with Gasteiger partial charge in [-0.15, -0.1) is 0 Å². The van der Waals surface area contributed by atoms with Gasteiger partial charge >= 0.3 is 0 Å². The number of nitrogens with zero attached hydrogens (tertiary/aromatic N) is 3. The quantitative estimate of drug-likeness (QED) is 0.871. The van der Waals surface area contributed by atoms with E-state index in [2.05, 4.69) is 15.1 Å². The summed E-state index contributed by atoms with van der Waals surface area (Å²) >= 11 is 0. The highest BCUT2D eigenvalue weighted by Crippen LogP contribution is 2.19. The maximum absolute atomic E-state index is 12.1. The normalized spacial score (nSPS) is 14.5. The lowest BCUT2D eigenvalue weighted by molar-refractivity contribution is 0.646. The van der Waals surface area contributed by atoms with Gasteiger partial charge in [-0.05, 0) is 38.7 Å². The van der Waals surface area contributed by atoms with Crippen LogP contribution >= 0.6 is 0 Å². The standard InChI is InChI=1S/C13H16N4O/c1-2-17-11(7-8-14-17)12-15-10-6-4-3-5-9(10)13(18)16-12/h7-8H,2-6H2,1H3,(H,15,16,18). The molecule has 0 atom stereocenters. The number of aromatic nitrogens is 4. The third kappa shape index (κ3) is 1.75. The highest BCUT2D eigenvalue weighted by atomic mass is 16.1. The van der Waals surface area contributed by atoms with E-state index >= 15 is 0 Å². The van der Waals surface area contributed by atoms with Gasteiger partial charge in [0, 0.05) is 18.3 Å². The number of hydrogen-bond acceptors (Lipinski definition) is 3. The maximum Gasteiger partial charge on any atom is 0.254 e. The van der Waals surface area contributed by atoms with Crippen molar-refractivity contribution >= 4 is 0 Å². The fraction of sp³-hybridized carbons (Fsp3) is 0.462. The largest absolute Gasteiger partial charge is 0.305 e. The van der Waals surface area contributed by atoms with Crippen molar-refractivity contribution in [2.75, 3.05) is 0 Å². The Balaban J connectivity index is 2.14. The smallest absolute Gasteiger partial charge is 0.254 e. The Kier molecular flexibility index (Phi) is 2.74. The van der Waals surface area contributed by atoms with Gasteiger partial charge in [-0.1, -0.05) is 0 Å². The Labute approximate surface area is 105 Å². The van der Waals surface area contributed by atoms with Crippen molar-refractivity contribution in [2.45, 2.75) is 39.2 Å². The van der Waals surface area contributed by atoms with E-state index in [9.17, 15) is 4.79 Å². The summed E-state index contributed by atoms with van der Waals surface area (Å²) < 4.78 is 1.84. The van der Waals surface area contributed by atoms with Crippen LogP contribution in [-0.4, -0.2) is 19.7 Å². The fourth-order valence-electron chi connectivity index (χ4n) is 2.51. The Hall–Kier alpha value is -1.91. The van der Waals surface area contributed by atoms with Crippen molar-refractivity contribution in [1.29, 1.82) is 0 Å². The van der Waals surface area contributed by atoms with Gasteiger partial charge in [-0.3, -0.25) is 9.48 Å². The van der Waals surface area contributed by atoms with E-state index in [-0.39, 0.29) is 5.56 Å². The molecule has 0 bridgehead atoms. The van der Waals surface area contributed by atoms with Crippen molar-refractivity contribution in [1.82, 2.24) is 19.7 Å². The van der Waals surface area contributed by atoms with Crippen molar-refractivity contribution in [3.05, 3.63) is 33.9 Å². The minimum atomic E-state index is 0.0125. The minimum Gasteiger partial charge on any atom is -0.305 e. The van der Waals surface area contributed by atoms with Crippen molar-refractivity contribution in [2.24, 2.45) is 0 Å². The summed E-state index contributed by atoms with van der Waals surface area (Å²) in [5.74, 6) is 0.639. The van der Waals surface area contributed by atoms with E-state index in [0.717, 1.165) is 49.2 Å². The van der Waals surface area contributed by atoms with Gasteiger partial charge in [-0.25, -0.2) is 4.98 Å². The summed E-state index contributed by atoms with van der Waals surface area (Å²) in [7, 11) is 0. The van der Waals surface area contributed by atoms with Crippen LogP contribution in [0.15, 0.2) is 17.1 Å². The molecule has 0 aromatic carbocycles. The van der Waals surface area contributed by atoms with Gasteiger partial charge in [0.15, 0.2) is 5.82 Å². The molecule has 5 nitrogen and oxygen atoms in total. The monoisotopic (exact) mass is 244 g/mol. The molecule has 18 heavy (non-hydrogen) atoms. The van der Waals surface area contributed by atoms with E-state index in [0.29, 0.717) is 5.82 Å². The molecule has 2 aromatic rings. The highest BCUT2D eigenvalue weighted by molar-refractivity contribution is 5.49. The van der Waals surface area contributed by atoms with Crippen LogP contribution in [-0.2, 0) is 19.4 Å². The molecule has 0 unspecified atom stereocenters. The molecule has 2 heterocycles. The minimum absolute atomic E-state index is 0.0125. The lowest BCUT2D eigenvalue weighted by Crippen LogP contribution is -2.22. The molecule has 0 radical (unpaired) electrons. The lowest BCUT2D eigenvalue weighted by atomic mass is 9.97. The summed E-state index contributed by atoms with van der Waals surface area (Å²) in [6, 6.07) is 1.89. The first-order valence-corrected chi connectivity index (χ1v) is 6.44. The van der Waals surface area contributed by atoms with Crippen LogP contribution in [0.5, 0.6) is 0 Å². The van der Waals surface area contributed by atoms with Crippen LogP contribution < -0.4 is 5.56 Å². The maximum atomic E-state index is 12.1. The van der Waals surface area contributed by atoms with Crippen molar-refractivity contribution in [3.8, 4) is 11.5 Å². The van der Waals surface area contributed by atoms with Gasteiger partial charge in [0.1, 0.15) is 5.69 Å². The average molecular weight is 244 g/mol. The third-order valence-electron chi connectivity index (χ3n) is 3.45. The van der Waals surface area contributed by atoms with Crippen LogP contribution in [0.2, 0.25) is 0 Å². The molecule has 94 valence electrons. The zero-order valence-electron chi connectivity index (χ0n) is 10.4. The molecule has 5 heteroatoms. The molecule has 0 saturated carbocycles. The number of hydrogen-bond donors (Lipinski definition) is 1. The molecule has 2 aromatic heterocycles. The Morgan fingerprint density at radius 3 is 3.06 bits per heavy atom. The second-order valence-corrected chi connectivity index (χ2v) is 4.58. The number of aryl methyl sites for hydroxylation is 2. The first kappa shape index (κ1) is 11.2. The van der Waals surface area contributed by atoms with Gasteiger partial charge in [0.05, 0.1) is 5.69 Å². The average Bonchev–Trinajstić information content (AvgIpc) is 2.87. The summed E-state index contributed by atoms with van der Waals surface area (Å²) in [4.78, 5) is 19.5. The van der Waals surface area contributed by atoms with Gasteiger partial charge in [0.2, 0.25) is 0 Å². The Morgan fingerprint density at radius 2 is 2.22 bits per heavy atom. The predicted octanol–water partition coefficient (Wildman–Crippen LogP) is 1.53. The van der Waals surface area contributed by atoms with Crippen LogP contribution in [0.1, 0.15) is 31.0 Å². The molecule has 0 saturated heterocycles. The van der Waals surface area contributed by atoms with Crippen molar-refractivity contribution < 1.29 is 0 Å². The first-order chi connectivity index (χ1) is 8.79. The van der Waals surface area contributed by atoms with Gasteiger partial charge in [0.25, 0.3) is 5.56 Å². The fourth-order valence-corrected chi connectivity index (χ4v) is 2.51. The molecule has 1 N–H and O–H groups in total. The molecule has 0 fully saturated rings. The molecule has 0 aliphatic heterocycles. The first-order valence-electron chi connectivity index (χ1n) is 6.44. The van der Waals surface area contributed by atoms with E-state index < -0.39 is 0 Å². The van der Waals surface area contributed by atoms with E-state index in [1.807, 2.05) is 17.7 Å². The second-order valence-electron chi connectivity index (χ2n) is 4.58. The third-order valence-corrected chi connectivity index (χ3v) is 3.45. The van der Waals surface area contributed by atoms with E-state index in [1.165, 1.54) is 0 Å². The number of rotatable bonds is 2. The van der Waals surface area contributed by atoms with Gasteiger partial charge in [-0.2, -0.15) is 5.10 Å². The topological polar surface area (TPSA) is 63.6 Å². The molecule has 1 aliphatic carbocycles. The summed E-state index contributed by atoms with van der Waals surface area (Å²) in [6.07, 6.45) is 5.70. The Bertz CT molecular complexity index is 626. The predicted molar refractivity (Wildman–Crippen MR) is 68.4 cm³/mol. The lowest BCUT2D eigenvalue weighted by Gasteiger charge is -2.14. The van der Waals surface area contributed by atoms with Crippen LogP contribution in [0.25, 0.3) is 11.5 Å². The highest BCUT2D eigenvalue weighted by Gasteiger charge is 2.17.